The molecule has 0 spiro atoms. The van der Waals surface area contributed by atoms with E-state index < -0.39 is 18.3 Å². The van der Waals surface area contributed by atoms with Gasteiger partial charge in [-0.15, -0.1) is 0 Å². The van der Waals surface area contributed by atoms with Crippen molar-refractivity contribution in [1.82, 2.24) is 5.32 Å². The zero-order valence-corrected chi connectivity index (χ0v) is 5.86. The van der Waals surface area contributed by atoms with Crippen molar-refractivity contribution >= 4 is 0 Å². The molecule has 0 saturated carbocycles. The van der Waals surface area contributed by atoms with Crippen molar-refractivity contribution in [2.75, 3.05) is 6.54 Å². The molecule has 1 unspecified atom stereocenters. The lowest BCUT2D eigenvalue weighted by Crippen LogP contribution is -2.44. The van der Waals surface area contributed by atoms with E-state index in [0.717, 1.165) is 0 Å². The van der Waals surface area contributed by atoms with Crippen LogP contribution in [0.15, 0.2) is 0 Å². The number of hydrogen-bond acceptors (Lipinski definition) is 2. The van der Waals surface area contributed by atoms with E-state index in [1.54, 1.807) is 0 Å². The summed E-state index contributed by atoms with van der Waals surface area (Å²) in [5.74, 6) is 0. The highest BCUT2D eigenvalue weighted by atomic mass is 19.4. The number of nitrogens with one attached hydrogen (secondary N) is 1. The Morgan fingerprint density at radius 1 is 1.45 bits per heavy atom. The second-order valence-corrected chi connectivity index (χ2v) is 2.69. The summed E-state index contributed by atoms with van der Waals surface area (Å²) < 4.78 is 35.4. The third kappa shape index (κ3) is 2.07. The summed E-state index contributed by atoms with van der Waals surface area (Å²) in [7, 11) is 0. The van der Waals surface area contributed by atoms with E-state index in [2.05, 4.69) is 5.32 Å². The van der Waals surface area contributed by atoms with Crippen LogP contribution in [0.3, 0.4) is 0 Å². The minimum atomic E-state index is -4.48. The van der Waals surface area contributed by atoms with Gasteiger partial charge in [0.1, 0.15) is 0 Å². The lowest BCUT2D eigenvalue weighted by molar-refractivity contribution is -0.210. The molecule has 1 heterocycles. The smallest absolute Gasteiger partial charge is 0.382 e. The maximum Gasteiger partial charge on any atom is 0.415 e. The summed E-state index contributed by atoms with van der Waals surface area (Å²) in [5.41, 5.74) is 0. The van der Waals surface area contributed by atoms with Crippen molar-refractivity contribution in [3.05, 3.63) is 0 Å². The van der Waals surface area contributed by atoms with Gasteiger partial charge >= 0.3 is 6.18 Å². The molecule has 2 N–H and O–H groups in total. The lowest BCUT2D eigenvalue weighted by atomic mass is 10.1. The van der Waals surface area contributed by atoms with Crippen molar-refractivity contribution in [1.29, 1.82) is 0 Å². The van der Waals surface area contributed by atoms with Crippen LogP contribution in [0, 0.1) is 0 Å². The van der Waals surface area contributed by atoms with Crippen LogP contribution in [0.2, 0.25) is 0 Å². The van der Waals surface area contributed by atoms with Gasteiger partial charge in [0, 0.05) is 6.04 Å². The van der Waals surface area contributed by atoms with E-state index in [1.807, 2.05) is 0 Å². The first-order valence-corrected chi connectivity index (χ1v) is 3.50. The van der Waals surface area contributed by atoms with Crippen LogP contribution in [0.4, 0.5) is 13.2 Å². The summed E-state index contributed by atoms with van der Waals surface area (Å²) in [6, 6.07) is -0.796. The minimum absolute atomic E-state index is 0.403. The zero-order valence-electron chi connectivity index (χ0n) is 5.86. The highest BCUT2D eigenvalue weighted by Crippen LogP contribution is 2.25. The maximum absolute atomic E-state index is 11.8. The molecule has 1 rings (SSSR count). The van der Waals surface area contributed by atoms with Gasteiger partial charge < -0.3 is 10.4 Å². The van der Waals surface area contributed by atoms with Crippen LogP contribution in [0.25, 0.3) is 0 Å². The van der Waals surface area contributed by atoms with Crippen LogP contribution in [-0.2, 0) is 0 Å². The normalized spacial score (nSPS) is 28.9. The number of aliphatic hydroxyl groups excluding tert-OH is 1. The van der Waals surface area contributed by atoms with Crippen LogP contribution in [-0.4, -0.2) is 30.0 Å². The molecule has 0 aromatic rings. The number of halogens is 3. The number of rotatable bonds is 1. The largest absolute Gasteiger partial charge is 0.415 e. The Balaban J connectivity index is 2.46. The molecule has 0 aromatic heterocycles. The quantitative estimate of drug-likeness (QED) is 0.604. The monoisotopic (exact) mass is 169 g/mol. The van der Waals surface area contributed by atoms with Gasteiger partial charge in [-0.1, -0.05) is 0 Å². The molecular formula is C6H10F3NO. The molecule has 2 atom stereocenters. The summed E-state index contributed by atoms with van der Waals surface area (Å²) in [6.45, 7) is 0.567. The fourth-order valence-electron chi connectivity index (χ4n) is 1.21. The van der Waals surface area contributed by atoms with Crippen LogP contribution >= 0.6 is 0 Å². The Morgan fingerprint density at radius 3 is 2.45 bits per heavy atom. The van der Waals surface area contributed by atoms with E-state index in [-0.39, 0.29) is 0 Å². The van der Waals surface area contributed by atoms with Crippen LogP contribution in [0.1, 0.15) is 12.8 Å². The first kappa shape index (κ1) is 8.80. The van der Waals surface area contributed by atoms with E-state index >= 15 is 0 Å². The second kappa shape index (κ2) is 2.98. The van der Waals surface area contributed by atoms with Crippen LogP contribution in [0.5, 0.6) is 0 Å². The molecule has 0 aliphatic carbocycles. The molecule has 11 heavy (non-hydrogen) atoms. The van der Waals surface area contributed by atoms with Crippen molar-refractivity contribution in [3.8, 4) is 0 Å². The van der Waals surface area contributed by atoms with E-state index in [0.29, 0.717) is 19.4 Å². The van der Waals surface area contributed by atoms with Gasteiger partial charge in [0.15, 0.2) is 6.10 Å². The van der Waals surface area contributed by atoms with Gasteiger partial charge in [0.05, 0.1) is 0 Å². The van der Waals surface area contributed by atoms with Gasteiger partial charge in [-0.3, -0.25) is 0 Å². The maximum atomic E-state index is 11.8. The number of hydrogen-bond donors (Lipinski definition) is 2. The van der Waals surface area contributed by atoms with Gasteiger partial charge in [-0.2, -0.15) is 13.2 Å². The van der Waals surface area contributed by atoms with Crippen molar-refractivity contribution in [2.24, 2.45) is 0 Å². The summed E-state index contributed by atoms with van der Waals surface area (Å²) >= 11 is 0. The van der Waals surface area contributed by atoms with Gasteiger partial charge in [0.25, 0.3) is 0 Å². The average molecular weight is 169 g/mol. The summed E-state index contributed by atoms with van der Waals surface area (Å²) in [4.78, 5) is 0. The first-order valence-electron chi connectivity index (χ1n) is 3.50. The Morgan fingerprint density at radius 2 is 2.09 bits per heavy atom. The number of alkyl halides is 3. The molecule has 1 fully saturated rings. The molecule has 5 heteroatoms. The van der Waals surface area contributed by atoms with Crippen molar-refractivity contribution in [3.63, 3.8) is 0 Å². The van der Waals surface area contributed by atoms with Gasteiger partial charge in [0.2, 0.25) is 0 Å². The Kier molecular flexibility index (Phi) is 2.39. The summed E-state index contributed by atoms with van der Waals surface area (Å²) in [5, 5.41) is 11.3. The zero-order chi connectivity index (χ0) is 8.48. The average Bonchev–Trinajstić information content (AvgIpc) is 2.34. The highest BCUT2D eigenvalue weighted by molar-refractivity contribution is 4.85. The SMILES string of the molecule is O[C@H](C1CCCN1)C(F)(F)F. The lowest BCUT2D eigenvalue weighted by Gasteiger charge is -2.20. The molecule has 0 amide bonds. The first-order chi connectivity index (χ1) is 5.02. The standard InChI is InChI=1S/C6H10F3NO/c7-6(8,9)5(11)4-2-1-3-10-4/h4-5,10-11H,1-3H2/t4?,5-/m1/s1. The molecular weight excluding hydrogens is 159 g/mol. The third-order valence-electron chi connectivity index (χ3n) is 1.81. The Hall–Kier alpha value is -0.290. The van der Waals surface area contributed by atoms with Crippen LogP contribution < -0.4 is 5.32 Å². The van der Waals surface area contributed by atoms with Gasteiger partial charge in [-0.05, 0) is 19.4 Å². The van der Waals surface area contributed by atoms with Crippen molar-refractivity contribution in [2.45, 2.75) is 31.2 Å². The highest BCUT2D eigenvalue weighted by Gasteiger charge is 2.44. The van der Waals surface area contributed by atoms with Gasteiger partial charge in [-0.25, -0.2) is 0 Å². The fraction of sp³-hybridized carbons (Fsp3) is 1.00. The Bertz CT molecular complexity index is 130. The second-order valence-electron chi connectivity index (χ2n) is 2.69. The van der Waals surface area contributed by atoms with E-state index in [4.69, 9.17) is 5.11 Å². The predicted octanol–water partition coefficient (Wildman–Crippen LogP) is 0.662. The molecule has 2 nitrogen and oxygen atoms in total. The molecule has 0 radical (unpaired) electrons. The number of aliphatic hydroxyl groups is 1. The van der Waals surface area contributed by atoms with E-state index in [9.17, 15) is 13.2 Å². The van der Waals surface area contributed by atoms with Crippen molar-refractivity contribution < 1.29 is 18.3 Å². The molecule has 1 aliphatic heterocycles. The predicted molar refractivity (Wildman–Crippen MR) is 33.1 cm³/mol. The fourth-order valence-corrected chi connectivity index (χ4v) is 1.21. The topological polar surface area (TPSA) is 32.3 Å². The molecule has 0 bridgehead atoms. The minimum Gasteiger partial charge on any atom is -0.382 e. The third-order valence-corrected chi connectivity index (χ3v) is 1.81. The summed E-state index contributed by atoms with van der Waals surface area (Å²) in [6.07, 6.45) is -5.58. The molecule has 1 aliphatic rings. The van der Waals surface area contributed by atoms with E-state index in [1.165, 1.54) is 0 Å². The molecule has 1 saturated heterocycles. The molecule has 66 valence electrons. The molecule has 0 aromatic carbocycles. The Labute approximate surface area is 62.4 Å².